The van der Waals surface area contributed by atoms with E-state index in [1.54, 1.807) is 0 Å². The lowest BCUT2D eigenvalue weighted by molar-refractivity contribution is 0.152. The molecule has 100 heavy (non-hydrogen) atoms. The highest BCUT2D eigenvalue weighted by Gasteiger charge is 2.57. The molecule has 5 aliphatic heterocycles. The lowest BCUT2D eigenvalue weighted by atomic mass is 9.68. The van der Waals surface area contributed by atoms with Crippen LogP contribution < -0.4 is 42.5 Å². The first-order valence-electron chi connectivity index (χ1n) is 39.8. The summed E-state index contributed by atoms with van der Waals surface area (Å²) in [4.78, 5) is 0. The molecule has 20 unspecified atom stereocenters. The van der Waals surface area contributed by atoms with Crippen LogP contribution in [0, 0.1) is 47.3 Å². The van der Waals surface area contributed by atoms with Crippen molar-refractivity contribution in [3.05, 3.63) is 115 Å². The van der Waals surface area contributed by atoms with Crippen molar-refractivity contribution in [2.45, 2.75) is 360 Å². The predicted molar refractivity (Wildman–Crippen MR) is 412 cm³/mol. The Morgan fingerprint density at radius 3 is 0.470 bits per heavy atom. The van der Waals surface area contributed by atoms with Gasteiger partial charge in [-0.1, -0.05) is 215 Å². The number of nitrogens with one attached hydrogen (secondary N) is 8. The molecule has 0 spiro atoms. The van der Waals surface area contributed by atoms with Crippen LogP contribution in [0.1, 0.15) is 334 Å². The van der Waals surface area contributed by atoms with Crippen LogP contribution in [0.3, 0.4) is 0 Å². The molecule has 12 N–H and O–H groups in total. The number of fused-ring (bicyclic) bond motifs is 20. The van der Waals surface area contributed by atoms with Crippen LogP contribution in [-0.4, -0.2) is 69.8 Å². The number of rotatable bonds is 4. The first kappa shape index (κ1) is 74.0. The molecule has 20 atom stereocenters. The van der Waals surface area contributed by atoms with Crippen molar-refractivity contribution in [1.82, 2.24) is 42.5 Å². The van der Waals surface area contributed by atoms with Gasteiger partial charge in [-0.15, -0.1) is 0 Å². The maximum absolute atomic E-state index is 12.1. The lowest BCUT2D eigenvalue weighted by Crippen LogP contribution is -2.61. The minimum atomic E-state index is -0.220. The van der Waals surface area contributed by atoms with Crippen LogP contribution in [0.2, 0.25) is 0 Å². The molecule has 0 amide bonds. The fourth-order valence-corrected chi connectivity index (χ4v) is 21.4. The molecular weight excluding hydrogens is 1230 g/mol. The Kier molecular flexibility index (Phi) is 19.1. The normalized spacial score (nSPS) is 34.6. The van der Waals surface area contributed by atoms with E-state index in [2.05, 4.69) is 257 Å². The first-order chi connectivity index (χ1) is 46.2. The second-order valence-electron chi connectivity index (χ2n) is 42.4. The average molecular weight is 1370 g/mol. The Morgan fingerprint density at radius 2 is 0.340 bits per heavy atom. The number of aromatic hydroxyl groups is 4. The van der Waals surface area contributed by atoms with Crippen LogP contribution in [0.5, 0.6) is 23.0 Å². The monoisotopic (exact) mass is 1370 g/mol. The molecular formula is C88H136N8O4. The molecule has 12 heteroatoms. The summed E-state index contributed by atoms with van der Waals surface area (Å²) in [5.41, 5.74) is 12.2. The maximum Gasteiger partial charge on any atom is 0.123 e. The van der Waals surface area contributed by atoms with E-state index in [1.807, 2.05) is 0 Å². The molecule has 4 saturated carbocycles. The van der Waals surface area contributed by atoms with E-state index in [9.17, 15) is 20.4 Å². The van der Waals surface area contributed by atoms with Crippen molar-refractivity contribution < 1.29 is 20.4 Å². The van der Waals surface area contributed by atoms with Gasteiger partial charge in [-0.2, -0.15) is 0 Å². The second-order valence-corrected chi connectivity index (χ2v) is 42.4. The molecule has 0 radical (unpaired) electrons. The van der Waals surface area contributed by atoms with E-state index in [4.69, 9.17) is 0 Å². The van der Waals surface area contributed by atoms with Crippen LogP contribution in [0.15, 0.2) is 48.5 Å². The average Bonchev–Trinajstić information content (AvgIpc) is 1.48. The van der Waals surface area contributed by atoms with Gasteiger partial charge in [0.05, 0.1) is 49.3 Å². The number of benzene rings is 4. The number of hydrogen-bond donors (Lipinski definition) is 12. The van der Waals surface area contributed by atoms with E-state index in [0.29, 0.717) is 94.0 Å². The Balaban J connectivity index is 0.910. The molecule has 13 rings (SSSR count). The van der Waals surface area contributed by atoms with Crippen LogP contribution in [-0.2, 0) is 43.3 Å². The van der Waals surface area contributed by atoms with Crippen molar-refractivity contribution in [3.63, 3.8) is 0 Å². The summed E-state index contributed by atoms with van der Waals surface area (Å²) >= 11 is 0. The lowest BCUT2D eigenvalue weighted by Gasteiger charge is -2.40. The topological polar surface area (TPSA) is 177 Å². The van der Waals surface area contributed by atoms with Gasteiger partial charge in [0.1, 0.15) is 23.0 Å². The zero-order valence-electron chi connectivity index (χ0n) is 66.4. The minimum Gasteiger partial charge on any atom is -0.507 e. The van der Waals surface area contributed by atoms with Crippen molar-refractivity contribution in [3.8, 4) is 23.0 Å². The maximum atomic E-state index is 12.1. The molecule has 552 valence electrons. The molecule has 0 aromatic heterocycles. The molecule has 9 fully saturated rings. The third kappa shape index (κ3) is 14.0. The van der Waals surface area contributed by atoms with Crippen LogP contribution in [0.25, 0.3) is 0 Å². The summed E-state index contributed by atoms with van der Waals surface area (Å²) in [6.07, 6.45) is 13.5. The zero-order valence-corrected chi connectivity index (χ0v) is 66.4. The Labute approximate surface area is 604 Å². The third-order valence-electron chi connectivity index (χ3n) is 27.0. The van der Waals surface area contributed by atoms with Gasteiger partial charge in [0.15, 0.2) is 0 Å². The molecule has 4 aromatic rings. The molecule has 8 bridgehead atoms. The highest BCUT2D eigenvalue weighted by molar-refractivity contribution is 5.55. The second kappa shape index (κ2) is 25.8. The largest absolute Gasteiger partial charge is 0.507 e. The van der Waals surface area contributed by atoms with Gasteiger partial charge in [0.2, 0.25) is 0 Å². The number of phenols is 4. The molecule has 5 heterocycles. The van der Waals surface area contributed by atoms with Crippen molar-refractivity contribution in [2.75, 3.05) is 0 Å². The Bertz CT molecular complexity index is 3540. The minimum absolute atomic E-state index is 0.0328. The third-order valence-corrected chi connectivity index (χ3v) is 27.0. The Hall–Kier alpha value is -4.24. The smallest absolute Gasteiger partial charge is 0.123 e. The summed E-state index contributed by atoms with van der Waals surface area (Å²) in [5.74, 6) is 6.16. The number of phenolic OH excluding ortho intramolecular Hbond substituents is 4. The standard InChI is InChI=1S/C88H136N8O4/c1-81(2,3)61-37-49(38-62(69(61)97)82(4,5)6)45-25-29-53-57(33-45)77-90-73(53)89-74-54-30-26-47(51-41-65(85(13,14)15)71(99)66(42-51)86(16,17)18)35-59(54)79(91-74)96-80-60-36-48(52-43-67(87(19,20)21)72(100)68(44-52)88(22,23)24)28-32-56(60)76(95-80)94-78-58-34-46(27-31-55(58)75(92-77)93-78)50-39-63(83(7,8)9)70(98)64(40-50)84(10,11)12/h37-48,53-60,73-80,89-100H,25-36H2,1-24H3. The first-order valence-corrected chi connectivity index (χ1v) is 39.8. The van der Waals surface area contributed by atoms with Gasteiger partial charge in [0.25, 0.3) is 0 Å². The fourth-order valence-electron chi connectivity index (χ4n) is 21.4. The van der Waals surface area contributed by atoms with E-state index in [-0.39, 0.29) is 92.6 Å². The summed E-state index contributed by atoms with van der Waals surface area (Å²) in [6, 6.07) is 19.1. The van der Waals surface area contributed by atoms with Gasteiger partial charge >= 0.3 is 0 Å². The highest BCUT2D eigenvalue weighted by atomic mass is 16.3. The van der Waals surface area contributed by atoms with Crippen molar-refractivity contribution in [2.24, 2.45) is 47.3 Å². The highest BCUT2D eigenvalue weighted by Crippen LogP contribution is 2.56. The summed E-state index contributed by atoms with van der Waals surface area (Å²) in [6.45, 7) is 54.1. The van der Waals surface area contributed by atoms with Gasteiger partial charge in [-0.3, -0.25) is 42.5 Å². The molecule has 5 saturated heterocycles. The number of hydrogen-bond acceptors (Lipinski definition) is 12. The van der Waals surface area contributed by atoms with Gasteiger partial charge in [0, 0.05) is 0 Å². The zero-order chi connectivity index (χ0) is 72.6. The Morgan fingerprint density at radius 1 is 0.210 bits per heavy atom. The molecule has 9 aliphatic rings. The van der Waals surface area contributed by atoms with Gasteiger partial charge in [-0.25, -0.2) is 0 Å². The van der Waals surface area contributed by atoms with Crippen LogP contribution >= 0.6 is 0 Å². The van der Waals surface area contributed by atoms with Crippen molar-refractivity contribution in [1.29, 1.82) is 0 Å². The van der Waals surface area contributed by atoms with E-state index >= 15 is 0 Å². The summed E-state index contributed by atoms with van der Waals surface area (Å²) in [7, 11) is 0. The summed E-state index contributed by atoms with van der Waals surface area (Å²) in [5, 5.41) is 84.4. The van der Waals surface area contributed by atoms with Crippen LogP contribution in [0.4, 0.5) is 0 Å². The van der Waals surface area contributed by atoms with Crippen molar-refractivity contribution >= 4 is 0 Å². The van der Waals surface area contributed by atoms with E-state index in [0.717, 1.165) is 122 Å². The predicted octanol–water partition coefficient (Wildman–Crippen LogP) is 17.4. The van der Waals surface area contributed by atoms with E-state index in [1.165, 1.54) is 22.3 Å². The SMILES string of the molecule is CC(C)(C)c1cc(C2CCC3C4NC5NC(NC6NC(NC7NC(NC(N4)C3C2)C2CCC(c3cc(C(C)(C)C)c(O)c(C(C)(C)C)c3)CC72)C2CCC(c3cc(C(C)(C)C)c(O)c(C(C)(C)C)c3)CC62)C2CC(c3cc(C(C)(C)C)c(O)c(C(C)(C)C)c3)CCC52)cc(C(C)(C)C)c1O. The summed E-state index contributed by atoms with van der Waals surface area (Å²) < 4.78 is 0. The van der Waals surface area contributed by atoms with Gasteiger partial charge in [-0.05, 0) is 258 Å². The van der Waals surface area contributed by atoms with E-state index < -0.39 is 0 Å². The molecule has 4 aromatic carbocycles. The molecule has 4 aliphatic carbocycles. The van der Waals surface area contributed by atoms with Gasteiger partial charge < -0.3 is 20.4 Å². The molecule has 12 nitrogen and oxygen atoms in total. The quantitative estimate of drug-likeness (QED) is 0.0933. The fraction of sp³-hybridized carbons (Fsp3) is 0.727.